The Morgan fingerprint density at radius 3 is 2.96 bits per heavy atom. The van der Waals surface area contributed by atoms with E-state index in [-0.39, 0.29) is 18.5 Å². The van der Waals surface area contributed by atoms with E-state index in [4.69, 9.17) is 0 Å². The molecule has 1 aliphatic rings. The third-order valence-corrected chi connectivity index (χ3v) is 5.03. The lowest BCUT2D eigenvalue weighted by molar-refractivity contribution is -0.123. The smallest absolute Gasteiger partial charge is 0.242 e. The number of rotatable bonds is 5. The zero-order valence-corrected chi connectivity index (χ0v) is 13.9. The summed E-state index contributed by atoms with van der Waals surface area (Å²) >= 11 is 1.55. The number of carbonyl (C=O) groups excluding carboxylic acids is 1. The van der Waals surface area contributed by atoms with Gasteiger partial charge >= 0.3 is 0 Å². The molecule has 3 rings (SSSR count). The van der Waals surface area contributed by atoms with E-state index in [1.807, 2.05) is 35.7 Å². The van der Waals surface area contributed by atoms with Gasteiger partial charge in [-0.3, -0.25) is 4.79 Å². The zero-order valence-electron chi connectivity index (χ0n) is 13.1. The maximum atomic E-state index is 12.5. The highest BCUT2D eigenvalue weighted by Gasteiger charge is 2.33. The van der Waals surface area contributed by atoms with E-state index in [9.17, 15) is 9.90 Å². The third-order valence-electron chi connectivity index (χ3n) is 4.22. The Morgan fingerprint density at radius 2 is 2.26 bits per heavy atom. The van der Waals surface area contributed by atoms with E-state index in [0.29, 0.717) is 0 Å². The van der Waals surface area contributed by atoms with Crippen molar-refractivity contribution < 1.29 is 9.90 Å². The van der Waals surface area contributed by atoms with Crippen molar-refractivity contribution in [3.63, 3.8) is 0 Å². The largest absolute Gasteiger partial charge is 0.384 e. The number of aromatic nitrogens is 1. The Labute approximate surface area is 140 Å². The number of benzene rings is 1. The van der Waals surface area contributed by atoms with E-state index < -0.39 is 5.60 Å². The lowest BCUT2D eigenvalue weighted by atomic mass is 9.96. The van der Waals surface area contributed by atoms with E-state index in [0.717, 1.165) is 30.1 Å². The molecule has 1 fully saturated rings. The first-order valence-electron chi connectivity index (χ1n) is 7.80. The SMILES string of the molecule is CC(O)(CNC(=O)C1CCCN1c1nccs1)c1ccccc1. The molecular weight excluding hydrogens is 310 g/mol. The lowest BCUT2D eigenvalue weighted by Gasteiger charge is -2.27. The van der Waals surface area contributed by atoms with Gasteiger partial charge in [0.15, 0.2) is 5.13 Å². The van der Waals surface area contributed by atoms with Crippen LogP contribution in [0.4, 0.5) is 5.13 Å². The molecular formula is C17H21N3O2S. The Bertz CT molecular complexity index is 643. The Hall–Kier alpha value is -1.92. The molecule has 0 spiro atoms. The van der Waals surface area contributed by atoms with Crippen LogP contribution < -0.4 is 10.2 Å². The van der Waals surface area contributed by atoms with Gasteiger partial charge in [-0.25, -0.2) is 4.98 Å². The maximum absolute atomic E-state index is 12.5. The molecule has 2 heterocycles. The molecule has 23 heavy (non-hydrogen) atoms. The van der Waals surface area contributed by atoms with Crippen molar-refractivity contribution in [3.8, 4) is 0 Å². The molecule has 122 valence electrons. The average molecular weight is 331 g/mol. The van der Waals surface area contributed by atoms with Crippen LogP contribution in [0, 0.1) is 0 Å². The molecule has 0 bridgehead atoms. The van der Waals surface area contributed by atoms with Crippen LogP contribution in [-0.4, -0.2) is 35.1 Å². The third kappa shape index (κ3) is 3.54. The number of hydrogen-bond acceptors (Lipinski definition) is 5. The Morgan fingerprint density at radius 1 is 1.48 bits per heavy atom. The minimum Gasteiger partial charge on any atom is -0.384 e. The summed E-state index contributed by atoms with van der Waals surface area (Å²) < 4.78 is 0. The van der Waals surface area contributed by atoms with Crippen molar-refractivity contribution in [1.29, 1.82) is 0 Å². The molecule has 2 aromatic rings. The molecule has 0 aliphatic carbocycles. The summed E-state index contributed by atoms with van der Waals surface area (Å²) in [6.07, 6.45) is 3.55. The van der Waals surface area contributed by atoms with E-state index in [1.165, 1.54) is 0 Å². The summed E-state index contributed by atoms with van der Waals surface area (Å²) in [5.74, 6) is -0.0473. The van der Waals surface area contributed by atoms with Gasteiger partial charge < -0.3 is 15.3 Å². The van der Waals surface area contributed by atoms with Gasteiger partial charge in [-0.2, -0.15) is 0 Å². The molecule has 2 atom stereocenters. The first kappa shape index (κ1) is 16.0. The number of hydrogen-bond donors (Lipinski definition) is 2. The van der Waals surface area contributed by atoms with Crippen LogP contribution in [0.5, 0.6) is 0 Å². The van der Waals surface area contributed by atoms with E-state index >= 15 is 0 Å². The van der Waals surface area contributed by atoms with Gasteiger partial charge in [0.25, 0.3) is 0 Å². The van der Waals surface area contributed by atoms with Gasteiger partial charge in [-0.15, -0.1) is 11.3 Å². The molecule has 1 saturated heterocycles. The number of carbonyl (C=O) groups is 1. The van der Waals surface area contributed by atoms with Gasteiger partial charge in [0.1, 0.15) is 11.6 Å². The van der Waals surface area contributed by atoms with Crippen molar-refractivity contribution in [2.45, 2.75) is 31.4 Å². The molecule has 0 saturated carbocycles. The summed E-state index contributed by atoms with van der Waals surface area (Å²) in [7, 11) is 0. The lowest BCUT2D eigenvalue weighted by Crippen LogP contribution is -2.47. The highest BCUT2D eigenvalue weighted by atomic mass is 32.1. The number of amides is 1. The number of nitrogens with zero attached hydrogens (tertiary/aromatic N) is 2. The zero-order chi connectivity index (χ0) is 16.3. The molecule has 0 radical (unpaired) electrons. The standard InChI is InChI=1S/C17H21N3O2S/c1-17(22,13-6-3-2-4-7-13)12-19-15(21)14-8-5-10-20(14)16-18-9-11-23-16/h2-4,6-7,9,11,14,22H,5,8,10,12H2,1H3,(H,19,21). The van der Waals surface area contributed by atoms with Crippen molar-refractivity contribution in [3.05, 3.63) is 47.5 Å². The predicted molar refractivity (Wildman–Crippen MR) is 91.5 cm³/mol. The van der Waals surface area contributed by atoms with Crippen molar-refractivity contribution in [2.24, 2.45) is 0 Å². The topological polar surface area (TPSA) is 65.5 Å². The van der Waals surface area contributed by atoms with Crippen LogP contribution >= 0.6 is 11.3 Å². The first-order chi connectivity index (χ1) is 11.1. The van der Waals surface area contributed by atoms with Gasteiger partial charge in [0, 0.05) is 18.1 Å². The quantitative estimate of drug-likeness (QED) is 0.881. The van der Waals surface area contributed by atoms with Gasteiger partial charge in [0.2, 0.25) is 5.91 Å². The van der Waals surface area contributed by atoms with Crippen LogP contribution in [-0.2, 0) is 10.4 Å². The number of thiazole rings is 1. The minimum atomic E-state index is -1.08. The summed E-state index contributed by atoms with van der Waals surface area (Å²) in [6.45, 7) is 2.76. The van der Waals surface area contributed by atoms with Gasteiger partial charge in [-0.1, -0.05) is 30.3 Å². The summed E-state index contributed by atoms with van der Waals surface area (Å²) in [5.41, 5.74) is -0.287. The number of anilines is 1. The fourth-order valence-corrected chi connectivity index (χ4v) is 3.62. The fraction of sp³-hybridized carbons (Fsp3) is 0.412. The number of aliphatic hydroxyl groups is 1. The summed E-state index contributed by atoms with van der Waals surface area (Å²) in [5, 5.41) is 16.3. The maximum Gasteiger partial charge on any atom is 0.242 e. The molecule has 2 N–H and O–H groups in total. The second-order valence-electron chi connectivity index (χ2n) is 6.02. The molecule has 1 aliphatic heterocycles. The monoisotopic (exact) mass is 331 g/mol. The van der Waals surface area contributed by atoms with Crippen LogP contribution in [0.2, 0.25) is 0 Å². The predicted octanol–water partition coefficient (Wildman–Crippen LogP) is 2.14. The van der Waals surface area contributed by atoms with Gasteiger partial charge in [-0.05, 0) is 25.3 Å². The highest BCUT2D eigenvalue weighted by Crippen LogP contribution is 2.27. The summed E-state index contributed by atoms with van der Waals surface area (Å²) in [4.78, 5) is 18.9. The second-order valence-corrected chi connectivity index (χ2v) is 6.90. The van der Waals surface area contributed by atoms with Crippen LogP contribution in [0.25, 0.3) is 0 Å². The van der Waals surface area contributed by atoms with Crippen LogP contribution in [0.3, 0.4) is 0 Å². The van der Waals surface area contributed by atoms with Gasteiger partial charge in [0.05, 0.1) is 6.54 Å². The van der Waals surface area contributed by atoms with Crippen molar-refractivity contribution in [1.82, 2.24) is 10.3 Å². The molecule has 6 heteroatoms. The fourth-order valence-electron chi connectivity index (χ4n) is 2.90. The molecule has 1 aromatic carbocycles. The van der Waals surface area contributed by atoms with Crippen molar-refractivity contribution >= 4 is 22.4 Å². The average Bonchev–Trinajstić information content (AvgIpc) is 3.24. The summed E-state index contributed by atoms with van der Waals surface area (Å²) in [6, 6.07) is 9.20. The molecule has 1 aromatic heterocycles. The Balaban J connectivity index is 1.63. The second kappa shape index (κ2) is 6.68. The Kier molecular flexibility index (Phi) is 4.63. The minimum absolute atomic E-state index is 0.0473. The van der Waals surface area contributed by atoms with E-state index in [2.05, 4.69) is 15.2 Å². The van der Waals surface area contributed by atoms with Crippen LogP contribution in [0.1, 0.15) is 25.3 Å². The first-order valence-corrected chi connectivity index (χ1v) is 8.68. The normalized spacial score (nSPS) is 20.3. The highest BCUT2D eigenvalue weighted by molar-refractivity contribution is 7.13. The van der Waals surface area contributed by atoms with E-state index in [1.54, 1.807) is 24.5 Å². The molecule has 2 unspecified atom stereocenters. The number of nitrogens with one attached hydrogen (secondary N) is 1. The van der Waals surface area contributed by atoms with Crippen LogP contribution in [0.15, 0.2) is 41.9 Å². The molecule has 5 nitrogen and oxygen atoms in total. The van der Waals surface area contributed by atoms with Crippen molar-refractivity contribution in [2.75, 3.05) is 18.0 Å². The molecule has 1 amide bonds.